The van der Waals surface area contributed by atoms with Crippen LogP contribution >= 0.6 is 15.9 Å². The van der Waals surface area contributed by atoms with Crippen molar-refractivity contribution in [1.29, 1.82) is 0 Å². The van der Waals surface area contributed by atoms with Gasteiger partial charge in [-0.2, -0.15) is 5.10 Å². The van der Waals surface area contributed by atoms with Crippen LogP contribution < -0.4 is 10.5 Å². The predicted molar refractivity (Wildman–Crippen MR) is 75.5 cm³/mol. The Morgan fingerprint density at radius 3 is 2.83 bits per heavy atom. The summed E-state index contributed by atoms with van der Waals surface area (Å²) in [5.74, 6) is 0.731. The van der Waals surface area contributed by atoms with Crippen LogP contribution in [0, 0.1) is 0 Å². The van der Waals surface area contributed by atoms with Gasteiger partial charge in [0.15, 0.2) is 0 Å². The zero-order valence-electron chi connectivity index (χ0n) is 10.4. The van der Waals surface area contributed by atoms with E-state index in [0.717, 1.165) is 15.9 Å². The lowest BCUT2D eigenvalue weighted by Gasteiger charge is -2.08. The molecule has 2 aromatic rings. The number of aromatic nitrogens is 2. The van der Waals surface area contributed by atoms with Gasteiger partial charge in [-0.05, 0) is 48.0 Å². The van der Waals surface area contributed by atoms with E-state index in [4.69, 9.17) is 10.5 Å². The fourth-order valence-corrected chi connectivity index (χ4v) is 1.89. The Kier molecular flexibility index (Phi) is 3.91. The molecule has 0 bridgehead atoms. The number of hydrogen-bond acceptors (Lipinski definition) is 3. The molecular weight excluding hydrogens is 294 g/mol. The molecule has 0 radical (unpaired) electrons. The van der Waals surface area contributed by atoms with Gasteiger partial charge in [0.2, 0.25) is 0 Å². The first-order valence-corrected chi connectivity index (χ1v) is 6.57. The highest BCUT2D eigenvalue weighted by Crippen LogP contribution is 2.27. The normalized spacial score (nSPS) is 10.9. The van der Waals surface area contributed by atoms with Crippen LogP contribution in [0.5, 0.6) is 5.75 Å². The van der Waals surface area contributed by atoms with Gasteiger partial charge in [-0.3, -0.25) is 4.68 Å². The lowest BCUT2D eigenvalue weighted by molar-refractivity contribution is 0.297. The first-order chi connectivity index (χ1) is 8.56. The summed E-state index contributed by atoms with van der Waals surface area (Å²) in [7, 11) is 0. The molecule has 0 atom stereocenters. The maximum atomic E-state index is 5.72. The third-order valence-corrected chi connectivity index (χ3v) is 3.18. The lowest BCUT2D eigenvalue weighted by Crippen LogP contribution is -2.03. The SMILES string of the molecule is CC(C)n1ccc(COc2cc(N)ccc2Br)n1. The fraction of sp³-hybridized carbons (Fsp3) is 0.308. The van der Waals surface area contributed by atoms with Crippen molar-refractivity contribution in [1.82, 2.24) is 9.78 Å². The van der Waals surface area contributed by atoms with E-state index in [-0.39, 0.29) is 0 Å². The number of nitrogens with zero attached hydrogens (tertiary/aromatic N) is 2. The van der Waals surface area contributed by atoms with Crippen molar-refractivity contribution >= 4 is 21.6 Å². The number of benzene rings is 1. The van der Waals surface area contributed by atoms with E-state index in [2.05, 4.69) is 34.9 Å². The number of anilines is 1. The monoisotopic (exact) mass is 309 g/mol. The van der Waals surface area contributed by atoms with Crippen molar-refractivity contribution in [2.45, 2.75) is 26.5 Å². The Bertz CT molecular complexity index is 537. The molecule has 18 heavy (non-hydrogen) atoms. The van der Waals surface area contributed by atoms with Crippen molar-refractivity contribution in [3.05, 3.63) is 40.6 Å². The van der Waals surface area contributed by atoms with E-state index in [1.807, 2.05) is 29.1 Å². The maximum Gasteiger partial charge on any atom is 0.136 e. The molecule has 0 saturated carbocycles. The fourth-order valence-electron chi connectivity index (χ4n) is 1.52. The molecule has 0 aliphatic heterocycles. The molecule has 4 nitrogen and oxygen atoms in total. The Labute approximate surface area is 115 Å². The third-order valence-electron chi connectivity index (χ3n) is 2.52. The molecule has 0 saturated heterocycles. The van der Waals surface area contributed by atoms with Gasteiger partial charge in [-0.25, -0.2) is 0 Å². The smallest absolute Gasteiger partial charge is 0.136 e. The van der Waals surface area contributed by atoms with E-state index in [0.29, 0.717) is 18.3 Å². The molecule has 0 fully saturated rings. The Morgan fingerprint density at radius 2 is 2.17 bits per heavy atom. The van der Waals surface area contributed by atoms with Crippen molar-refractivity contribution < 1.29 is 4.74 Å². The van der Waals surface area contributed by atoms with Gasteiger partial charge >= 0.3 is 0 Å². The zero-order valence-corrected chi connectivity index (χ0v) is 12.0. The van der Waals surface area contributed by atoms with Crippen LogP contribution in [0.3, 0.4) is 0 Å². The summed E-state index contributed by atoms with van der Waals surface area (Å²) in [6, 6.07) is 7.81. The Morgan fingerprint density at radius 1 is 1.39 bits per heavy atom. The number of hydrogen-bond donors (Lipinski definition) is 1. The average Bonchev–Trinajstić information content (AvgIpc) is 2.79. The molecule has 1 aromatic heterocycles. The second-order valence-electron chi connectivity index (χ2n) is 4.36. The van der Waals surface area contributed by atoms with Gasteiger partial charge in [0.25, 0.3) is 0 Å². The first-order valence-electron chi connectivity index (χ1n) is 5.78. The van der Waals surface area contributed by atoms with Gasteiger partial charge in [-0.15, -0.1) is 0 Å². The number of ether oxygens (including phenoxy) is 1. The van der Waals surface area contributed by atoms with E-state index in [9.17, 15) is 0 Å². The lowest BCUT2D eigenvalue weighted by atomic mass is 10.3. The highest BCUT2D eigenvalue weighted by atomic mass is 79.9. The van der Waals surface area contributed by atoms with E-state index in [1.54, 1.807) is 6.07 Å². The molecule has 2 rings (SSSR count). The predicted octanol–water partition coefficient (Wildman–Crippen LogP) is 3.39. The highest BCUT2D eigenvalue weighted by molar-refractivity contribution is 9.10. The van der Waals surface area contributed by atoms with Gasteiger partial charge in [-0.1, -0.05) is 0 Å². The summed E-state index contributed by atoms with van der Waals surface area (Å²) in [5.41, 5.74) is 7.30. The van der Waals surface area contributed by atoms with Crippen LogP contribution in [0.4, 0.5) is 5.69 Å². The largest absolute Gasteiger partial charge is 0.486 e. The molecule has 0 unspecified atom stereocenters. The maximum absolute atomic E-state index is 5.72. The number of nitrogen functional groups attached to an aromatic ring is 1. The molecule has 2 N–H and O–H groups in total. The molecule has 0 amide bonds. The van der Waals surface area contributed by atoms with Gasteiger partial charge in [0, 0.05) is 24.0 Å². The van der Waals surface area contributed by atoms with E-state index in [1.165, 1.54) is 0 Å². The first kappa shape index (κ1) is 13.0. The third kappa shape index (κ3) is 3.04. The molecule has 0 spiro atoms. The molecule has 0 aliphatic rings. The summed E-state index contributed by atoms with van der Waals surface area (Å²) in [4.78, 5) is 0. The van der Waals surface area contributed by atoms with Crippen LogP contribution in [-0.2, 0) is 6.61 Å². The van der Waals surface area contributed by atoms with Crippen LogP contribution in [0.15, 0.2) is 34.9 Å². The summed E-state index contributed by atoms with van der Waals surface area (Å²) in [6.45, 7) is 4.61. The van der Waals surface area contributed by atoms with Gasteiger partial charge < -0.3 is 10.5 Å². The number of rotatable bonds is 4. The molecule has 1 aromatic carbocycles. The van der Waals surface area contributed by atoms with E-state index >= 15 is 0 Å². The molecule has 0 aliphatic carbocycles. The van der Waals surface area contributed by atoms with Crippen LogP contribution in [0.25, 0.3) is 0 Å². The number of halogens is 1. The van der Waals surface area contributed by atoms with E-state index < -0.39 is 0 Å². The minimum Gasteiger partial charge on any atom is -0.486 e. The van der Waals surface area contributed by atoms with Crippen molar-refractivity contribution in [3.63, 3.8) is 0 Å². The van der Waals surface area contributed by atoms with Crippen LogP contribution in [0.2, 0.25) is 0 Å². The standard InChI is InChI=1S/C13H16BrN3O/c1-9(2)17-6-5-11(16-17)8-18-13-7-10(15)3-4-12(13)14/h3-7,9H,8,15H2,1-2H3. The van der Waals surface area contributed by atoms with Crippen molar-refractivity contribution in [2.75, 3.05) is 5.73 Å². The minimum absolute atomic E-state index is 0.359. The van der Waals surface area contributed by atoms with Crippen LogP contribution in [0.1, 0.15) is 25.6 Å². The average molecular weight is 310 g/mol. The summed E-state index contributed by atoms with van der Waals surface area (Å²) >= 11 is 3.43. The van der Waals surface area contributed by atoms with Gasteiger partial charge in [0.1, 0.15) is 12.4 Å². The second-order valence-corrected chi connectivity index (χ2v) is 5.21. The topological polar surface area (TPSA) is 53.1 Å². The number of nitrogens with two attached hydrogens (primary N) is 1. The summed E-state index contributed by atoms with van der Waals surface area (Å²) < 4.78 is 8.49. The molecule has 1 heterocycles. The minimum atomic E-state index is 0.359. The zero-order chi connectivity index (χ0) is 13.1. The summed E-state index contributed by atoms with van der Waals surface area (Å²) in [5, 5.41) is 4.42. The molecular formula is C13H16BrN3O. The Balaban J connectivity index is 2.04. The molecule has 96 valence electrons. The second kappa shape index (κ2) is 5.44. The van der Waals surface area contributed by atoms with Gasteiger partial charge in [0.05, 0.1) is 10.2 Å². The summed E-state index contributed by atoms with van der Waals surface area (Å²) in [6.07, 6.45) is 1.96. The van der Waals surface area contributed by atoms with Crippen LogP contribution in [-0.4, -0.2) is 9.78 Å². The quantitative estimate of drug-likeness (QED) is 0.881. The van der Waals surface area contributed by atoms with Crippen molar-refractivity contribution in [3.8, 4) is 5.75 Å². The van der Waals surface area contributed by atoms with Crippen molar-refractivity contribution in [2.24, 2.45) is 0 Å². The Hall–Kier alpha value is -1.49. The highest BCUT2D eigenvalue weighted by Gasteiger charge is 2.05. The molecule has 5 heteroatoms.